The summed E-state index contributed by atoms with van der Waals surface area (Å²) in [5.74, 6) is -1.44. The number of benzene rings is 1. The van der Waals surface area contributed by atoms with Crippen LogP contribution in [0.1, 0.15) is 38.2 Å². The second-order valence-electron chi connectivity index (χ2n) is 5.27. The summed E-state index contributed by atoms with van der Waals surface area (Å²) in [5.41, 5.74) is 0.759. The lowest BCUT2D eigenvalue weighted by molar-refractivity contribution is -0.118. The van der Waals surface area contributed by atoms with E-state index in [1.54, 1.807) is 13.0 Å². The van der Waals surface area contributed by atoms with Crippen molar-refractivity contribution in [2.75, 3.05) is 6.54 Å². The second-order valence-corrected chi connectivity index (χ2v) is 5.27. The van der Waals surface area contributed by atoms with Crippen LogP contribution in [0.5, 0.6) is 0 Å². The van der Waals surface area contributed by atoms with E-state index < -0.39 is 11.6 Å². The fraction of sp³-hybridized carbons (Fsp3) is 0.533. The van der Waals surface area contributed by atoms with Crippen molar-refractivity contribution in [3.05, 3.63) is 35.4 Å². The van der Waals surface area contributed by atoms with Gasteiger partial charge in [0.15, 0.2) is 11.6 Å². The first-order valence-corrected chi connectivity index (χ1v) is 6.73. The summed E-state index contributed by atoms with van der Waals surface area (Å²) in [4.78, 5) is 13.5. The van der Waals surface area contributed by atoms with Gasteiger partial charge in [0.05, 0.1) is 0 Å². The van der Waals surface area contributed by atoms with Crippen molar-refractivity contribution in [3.8, 4) is 0 Å². The van der Waals surface area contributed by atoms with Crippen molar-refractivity contribution in [2.45, 2.75) is 45.2 Å². The van der Waals surface area contributed by atoms with Crippen LogP contribution in [-0.4, -0.2) is 23.3 Å². The zero-order valence-electron chi connectivity index (χ0n) is 11.2. The molecule has 0 N–H and O–H groups in total. The molecule has 1 unspecified atom stereocenters. The molecular weight excluding hydrogens is 248 g/mol. The first kappa shape index (κ1) is 14.1. The van der Waals surface area contributed by atoms with E-state index in [0.717, 1.165) is 37.4 Å². The van der Waals surface area contributed by atoms with Crippen molar-refractivity contribution in [1.82, 2.24) is 4.90 Å². The summed E-state index contributed by atoms with van der Waals surface area (Å²) in [6, 6.07) is 4.25. The molecule has 2 rings (SSSR count). The van der Waals surface area contributed by atoms with Crippen LogP contribution in [0.25, 0.3) is 0 Å². The maximum atomic E-state index is 13.2. The van der Waals surface area contributed by atoms with Crippen molar-refractivity contribution in [2.24, 2.45) is 0 Å². The van der Waals surface area contributed by atoms with Crippen LogP contribution in [0.3, 0.4) is 0 Å². The molecule has 0 radical (unpaired) electrons. The van der Waals surface area contributed by atoms with E-state index in [1.165, 1.54) is 6.07 Å². The van der Waals surface area contributed by atoms with Crippen LogP contribution in [-0.2, 0) is 11.3 Å². The molecule has 0 bridgehead atoms. The third-order valence-corrected chi connectivity index (χ3v) is 3.64. The number of Topliss-reactive ketones (excluding diaryl/α,β-unsaturated/α-hetero) is 1. The van der Waals surface area contributed by atoms with Gasteiger partial charge in [-0.1, -0.05) is 12.5 Å². The molecule has 104 valence electrons. The second kappa shape index (κ2) is 6.24. The number of carbonyl (C=O) groups excluding carboxylic acids is 1. The predicted octanol–water partition coefficient (Wildman–Crippen LogP) is 3.30. The normalized spacial score (nSPS) is 20.5. The van der Waals surface area contributed by atoms with E-state index >= 15 is 0 Å². The Bertz CT molecular complexity index is 461. The number of carbonyl (C=O) groups is 1. The SMILES string of the molecule is CC(=O)CC1CCCCN1Cc1ccc(F)c(F)c1. The van der Waals surface area contributed by atoms with Crippen molar-refractivity contribution in [1.29, 1.82) is 0 Å². The Morgan fingerprint density at radius 3 is 2.79 bits per heavy atom. The quantitative estimate of drug-likeness (QED) is 0.834. The van der Waals surface area contributed by atoms with Crippen LogP contribution in [0.4, 0.5) is 8.78 Å². The lowest BCUT2D eigenvalue weighted by Gasteiger charge is -2.35. The van der Waals surface area contributed by atoms with Gasteiger partial charge in [-0.25, -0.2) is 8.78 Å². The molecule has 4 heteroatoms. The maximum Gasteiger partial charge on any atom is 0.159 e. The molecule has 2 nitrogen and oxygen atoms in total. The highest BCUT2D eigenvalue weighted by Gasteiger charge is 2.23. The minimum Gasteiger partial charge on any atom is -0.300 e. The van der Waals surface area contributed by atoms with Crippen molar-refractivity contribution < 1.29 is 13.6 Å². The Balaban J connectivity index is 2.06. The fourth-order valence-electron chi connectivity index (χ4n) is 2.70. The van der Waals surface area contributed by atoms with E-state index in [4.69, 9.17) is 0 Å². The van der Waals surface area contributed by atoms with E-state index in [9.17, 15) is 13.6 Å². The van der Waals surface area contributed by atoms with Crippen LogP contribution in [0.15, 0.2) is 18.2 Å². The zero-order valence-corrected chi connectivity index (χ0v) is 11.2. The monoisotopic (exact) mass is 267 g/mol. The van der Waals surface area contributed by atoms with Crippen LogP contribution >= 0.6 is 0 Å². The number of halogens is 2. The number of nitrogens with zero attached hydrogens (tertiary/aromatic N) is 1. The van der Waals surface area contributed by atoms with Crippen LogP contribution < -0.4 is 0 Å². The van der Waals surface area contributed by atoms with Gasteiger partial charge in [-0.15, -0.1) is 0 Å². The van der Waals surface area contributed by atoms with E-state index in [-0.39, 0.29) is 11.8 Å². The smallest absolute Gasteiger partial charge is 0.159 e. The molecule has 1 atom stereocenters. The maximum absolute atomic E-state index is 13.2. The van der Waals surface area contributed by atoms with Gasteiger partial charge in [0, 0.05) is 19.0 Å². The molecule has 19 heavy (non-hydrogen) atoms. The predicted molar refractivity (Wildman–Crippen MR) is 69.7 cm³/mol. The zero-order chi connectivity index (χ0) is 13.8. The summed E-state index contributed by atoms with van der Waals surface area (Å²) >= 11 is 0. The van der Waals surface area contributed by atoms with E-state index in [0.29, 0.717) is 13.0 Å². The minimum absolute atomic E-state index is 0.183. The van der Waals surface area contributed by atoms with Gasteiger partial charge < -0.3 is 0 Å². The Morgan fingerprint density at radius 2 is 2.11 bits per heavy atom. The highest BCUT2D eigenvalue weighted by Crippen LogP contribution is 2.22. The van der Waals surface area contributed by atoms with Gasteiger partial charge in [-0.05, 0) is 44.0 Å². The van der Waals surface area contributed by atoms with Gasteiger partial charge in [-0.2, -0.15) is 0 Å². The highest BCUT2D eigenvalue weighted by molar-refractivity contribution is 5.76. The van der Waals surface area contributed by atoms with Gasteiger partial charge in [0.25, 0.3) is 0 Å². The summed E-state index contributed by atoms with van der Waals surface area (Å²) in [6.45, 7) is 3.09. The lowest BCUT2D eigenvalue weighted by Crippen LogP contribution is -2.40. The van der Waals surface area contributed by atoms with Gasteiger partial charge in [0.1, 0.15) is 5.78 Å². The Hall–Kier alpha value is -1.29. The van der Waals surface area contributed by atoms with Crippen LogP contribution in [0.2, 0.25) is 0 Å². The first-order chi connectivity index (χ1) is 9.06. The molecular formula is C15H19F2NO. The van der Waals surface area contributed by atoms with Crippen molar-refractivity contribution >= 4 is 5.78 Å². The lowest BCUT2D eigenvalue weighted by atomic mass is 9.97. The molecule has 1 fully saturated rings. The molecule has 1 aromatic carbocycles. The number of piperidine rings is 1. The van der Waals surface area contributed by atoms with Gasteiger partial charge in [0.2, 0.25) is 0 Å². The Labute approximate surface area is 112 Å². The average Bonchev–Trinajstić information content (AvgIpc) is 2.36. The molecule has 0 saturated carbocycles. The summed E-state index contributed by atoms with van der Waals surface area (Å²) in [6.07, 6.45) is 3.78. The molecule has 1 heterocycles. The molecule has 1 aliphatic rings. The number of likely N-dealkylation sites (tertiary alicyclic amines) is 1. The van der Waals surface area contributed by atoms with Gasteiger partial charge in [-0.3, -0.25) is 9.69 Å². The van der Waals surface area contributed by atoms with Gasteiger partial charge >= 0.3 is 0 Å². The molecule has 1 aliphatic heterocycles. The Kier molecular flexibility index (Phi) is 4.64. The van der Waals surface area contributed by atoms with E-state index in [2.05, 4.69) is 4.90 Å². The third kappa shape index (κ3) is 3.83. The highest BCUT2D eigenvalue weighted by atomic mass is 19.2. The van der Waals surface area contributed by atoms with E-state index in [1.807, 2.05) is 0 Å². The summed E-state index contributed by atoms with van der Waals surface area (Å²) in [5, 5.41) is 0. The number of ketones is 1. The molecule has 0 aromatic heterocycles. The molecule has 0 spiro atoms. The number of hydrogen-bond acceptors (Lipinski definition) is 2. The fourth-order valence-corrected chi connectivity index (χ4v) is 2.70. The minimum atomic E-state index is -0.817. The number of rotatable bonds is 4. The summed E-state index contributed by atoms with van der Waals surface area (Å²) < 4.78 is 26.1. The topological polar surface area (TPSA) is 20.3 Å². The molecule has 0 aliphatic carbocycles. The third-order valence-electron chi connectivity index (χ3n) is 3.64. The van der Waals surface area contributed by atoms with Crippen LogP contribution in [0, 0.1) is 11.6 Å². The first-order valence-electron chi connectivity index (χ1n) is 6.73. The molecule has 1 saturated heterocycles. The Morgan fingerprint density at radius 1 is 1.32 bits per heavy atom. The summed E-state index contributed by atoms with van der Waals surface area (Å²) in [7, 11) is 0. The average molecular weight is 267 g/mol. The largest absolute Gasteiger partial charge is 0.300 e. The molecule has 0 amide bonds. The number of hydrogen-bond donors (Lipinski definition) is 0. The standard InChI is InChI=1S/C15H19F2NO/c1-11(19)8-13-4-2-3-7-18(13)10-12-5-6-14(16)15(17)9-12/h5-6,9,13H,2-4,7-8,10H2,1H3. The van der Waals surface area contributed by atoms with Crippen molar-refractivity contribution in [3.63, 3.8) is 0 Å². The molecule has 1 aromatic rings.